The molecule has 2 rings (SSSR count). The number of methoxy groups -OCH3 is 1. The Morgan fingerprint density at radius 1 is 1.15 bits per heavy atom. The first-order valence-electron chi connectivity index (χ1n) is 7.86. The molecule has 0 aromatic heterocycles. The molecule has 5 nitrogen and oxygen atoms in total. The monoisotopic (exact) mass is 287 g/mol. The van der Waals surface area contributed by atoms with Crippen molar-refractivity contribution in [3.05, 3.63) is 0 Å². The van der Waals surface area contributed by atoms with Gasteiger partial charge in [-0.3, -0.25) is 0 Å². The Labute approximate surface area is 122 Å². The third-order valence-electron chi connectivity index (χ3n) is 4.23. The van der Waals surface area contributed by atoms with Gasteiger partial charge in [0.05, 0.1) is 18.8 Å². The summed E-state index contributed by atoms with van der Waals surface area (Å²) >= 11 is 0. The van der Waals surface area contributed by atoms with Crippen LogP contribution in [0.2, 0.25) is 0 Å². The molecule has 118 valence electrons. The maximum atomic E-state index is 6.05. The maximum Gasteiger partial charge on any atom is 0.0741 e. The van der Waals surface area contributed by atoms with Gasteiger partial charge in [-0.1, -0.05) is 0 Å². The van der Waals surface area contributed by atoms with Crippen molar-refractivity contribution in [1.82, 2.24) is 5.32 Å². The van der Waals surface area contributed by atoms with E-state index in [1.54, 1.807) is 7.11 Å². The maximum absolute atomic E-state index is 6.05. The highest BCUT2D eigenvalue weighted by atomic mass is 16.5. The minimum atomic E-state index is 0.0864. The Kier molecular flexibility index (Phi) is 7.24. The quantitative estimate of drug-likeness (QED) is 0.683. The van der Waals surface area contributed by atoms with Crippen LogP contribution in [0.1, 0.15) is 32.1 Å². The summed E-state index contributed by atoms with van der Waals surface area (Å²) < 4.78 is 21.9. The van der Waals surface area contributed by atoms with Crippen molar-refractivity contribution in [3.8, 4) is 0 Å². The van der Waals surface area contributed by atoms with Gasteiger partial charge in [0.2, 0.25) is 0 Å². The van der Waals surface area contributed by atoms with E-state index in [1.165, 1.54) is 0 Å². The van der Waals surface area contributed by atoms with E-state index in [-0.39, 0.29) is 5.60 Å². The van der Waals surface area contributed by atoms with Crippen molar-refractivity contribution in [2.75, 3.05) is 53.3 Å². The molecule has 0 radical (unpaired) electrons. The van der Waals surface area contributed by atoms with Gasteiger partial charge >= 0.3 is 0 Å². The number of rotatable bonds is 8. The molecule has 0 aliphatic carbocycles. The van der Waals surface area contributed by atoms with E-state index in [2.05, 4.69) is 5.32 Å². The summed E-state index contributed by atoms with van der Waals surface area (Å²) in [6.07, 6.45) is 5.39. The average molecular weight is 287 g/mol. The third kappa shape index (κ3) is 5.30. The molecule has 2 saturated heterocycles. The summed E-state index contributed by atoms with van der Waals surface area (Å²) in [6, 6.07) is 0.584. The Hall–Kier alpha value is -0.200. The Morgan fingerprint density at radius 2 is 2.00 bits per heavy atom. The lowest BCUT2D eigenvalue weighted by molar-refractivity contribution is -0.140. The van der Waals surface area contributed by atoms with Crippen molar-refractivity contribution >= 4 is 0 Å². The Bertz CT molecular complexity index is 251. The standard InChI is InChI=1S/C15H29NO4/c1-17-11-12-18-7-2-6-16-14-3-8-20-15(13-14)4-9-19-10-5-15/h14,16H,2-13H2,1H3. The molecule has 2 aliphatic rings. The second-order valence-corrected chi connectivity index (χ2v) is 5.75. The summed E-state index contributed by atoms with van der Waals surface area (Å²) in [5, 5.41) is 3.65. The fourth-order valence-electron chi connectivity index (χ4n) is 3.02. The van der Waals surface area contributed by atoms with E-state index in [4.69, 9.17) is 18.9 Å². The number of hydrogen-bond acceptors (Lipinski definition) is 5. The predicted molar refractivity (Wildman–Crippen MR) is 77.1 cm³/mol. The molecular formula is C15H29NO4. The summed E-state index contributed by atoms with van der Waals surface area (Å²) in [5.41, 5.74) is 0.0864. The molecule has 1 atom stereocenters. The first-order valence-corrected chi connectivity index (χ1v) is 7.86. The van der Waals surface area contributed by atoms with Gasteiger partial charge in [0.15, 0.2) is 0 Å². The summed E-state index contributed by atoms with van der Waals surface area (Å²) in [4.78, 5) is 0. The fraction of sp³-hybridized carbons (Fsp3) is 1.00. The van der Waals surface area contributed by atoms with E-state index < -0.39 is 0 Å². The first-order chi connectivity index (χ1) is 9.85. The molecule has 0 bridgehead atoms. The minimum absolute atomic E-state index is 0.0864. The second-order valence-electron chi connectivity index (χ2n) is 5.75. The molecule has 20 heavy (non-hydrogen) atoms. The summed E-state index contributed by atoms with van der Waals surface area (Å²) in [6.45, 7) is 5.76. The normalized spacial score (nSPS) is 25.9. The lowest BCUT2D eigenvalue weighted by atomic mass is 9.84. The SMILES string of the molecule is COCCOCCCNC1CCOC2(CCOCC2)C1. The predicted octanol–water partition coefficient (Wildman–Crippen LogP) is 1.36. The zero-order valence-corrected chi connectivity index (χ0v) is 12.7. The molecular weight excluding hydrogens is 258 g/mol. The summed E-state index contributed by atoms with van der Waals surface area (Å²) in [7, 11) is 1.70. The van der Waals surface area contributed by atoms with Crippen LogP contribution in [0.4, 0.5) is 0 Å². The molecule has 0 amide bonds. The van der Waals surface area contributed by atoms with Crippen LogP contribution in [-0.4, -0.2) is 64.9 Å². The molecule has 0 saturated carbocycles. The molecule has 2 aliphatic heterocycles. The number of hydrogen-bond donors (Lipinski definition) is 1. The first kappa shape index (κ1) is 16.2. The molecule has 2 heterocycles. The van der Waals surface area contributed by atoms with E-state index in [1.807, 2.05) is 0 Å². The van der Waals surface area contributed by atoms with Crippen molar-refractivity contribution in [1.29, 1.82) is 0 Å². The third-order valence-corrected chi connectivity index (χ3v) is 4.23. The van der Waals surface area contributed by atoms with Crippen LogP contribution in [-0.2, 0) is 18.9 Å². The van der Waals surface area contributed by atoms with Crippen LogP contribution in [0.25, 0.3) is 0 Å². The van der Waals surface area contributed by atoms with Gasteiger partial charge in [0.1, 0.15) is 0 Å². The molecule has 1 unspecified atom stereocenters. The lowest BCUT2D eigenvalue weighted by Crippen LogP contribution is -2.50. The van der Waals surface area contributed by atoms with Gasteiger partial charge in [-0.15, -0.1) is 0 Å². The Balaban J connectivity index is 1.56. The molecule has 1 N–H and O–H groups in total. The van der Waals surface area contributed by atoms with E-state index in [0.29, 0.717) is 19.3 Å². The number of ether oxygens (including phenoxy) is 4. The van der Waals surface area contributed by atoms with E-state index in [9.17, 15) is 0 Å². The van der Waals surface area contributed by atoms with Crippen LogP contribution in [0.3, 0.4) is 0 Å². The zero-order chi connectivity index (χ0) is 14.1. The number of nitrogens with one attached hydrogen (secondary N) is 1. The minimum Gasteiger partial charge on any atom is -0.382 e. The lowest BCUT2D eigenvalue weighted by Gasteiger charge is -2.43. The second kappa shape index (κ2) is 8.95. The summed E-state index contributed by atoms with van der Waals surface area (Å²) in [5.74, 6) is 0. The van der Waals surface area contributed by atoms with Gasteiger partial charge in [-0.25, -0.2) is 0 Å². The van der Waals surface area contributed by atoms with Crippen molar-refractivity contribution in [3.63, 3.8) is 0 Å². The Morgan fingerprint density at radius 3 is 2.80 bits per heavy atom. The van der Waals surface area contributed by atoms with Gasteiger partial charge in [0, 0.05) is 39.6 Å². The molecule has 5 heteroatoms. The van der Waals surface area contributed by atoms with Gasteiger partial charge in [-0.2, -0.15) is 0 Å². The van der Waals surface area contributed by atoms with Crippen molar-refractivity contribution in [2.45, 2.75) is 43.7 Å². The van der Waals surface area contributed by atoms with Crippen molar-refractivity contribution in [2.24, 2.45) is 0 Å². The van der Waals surface area contributed by atoms with E-state index >= 15 is 0 Å². The van der Waals surface area contributed by atoms with Crippen LogP contribution in [0.5, 0.6) is 0 Å². The highest BCUT2D eigenvalue weighted by Crippen LogP contribution is 2.34. The van der Waals surface area contributed by atoms with Crippen LogP contribution in [0, 0.1) is 0 Å². The average Bonchev–Trinajstić information content (AvgIpc) is 2.47. The largest absolute Gasteiger partial charge is 0.382 e. The van der Waals surface area contributed by atoms with Gasteiger partial charge < -0.3 is 24.3 Å². The topological polar surface area (TPSA) is 49.0 Å². The van der Waals surface area contributed by atoms with Crippen LogP contribution >= 0.6 is 0 Å². The smallest absolute Gasteiger partial charge is 0.0741 e. The molecule has 1 spiro atoms. The fourth-order valence-corrected chi connectivity index (χ4v) is 3.02. The van der Waals surface area contributed by atoms with Crippen LogP contribution in [0.15, 0.2) is 0 Å². The van der Waals surface area contributed by atoms with Gasteiger partial charge in [0.25, 0.3) is 0 Å². The highest BCUT2D eigenvalue weighted by molar-refractivity contribution is 4.91. The van der Waals surface area contributed by atoms with Crippen molar-refractivity contribution < 1.29 is 18.9 Å². The van der Waals surface area contributed by atoms with E-state index in [0.717, 1.165) is 65.1 Å². The highest BCUT2D eigenvalue weighted by Gasteiger charge is 2.38. The molecule has 0 aromatic rings. The van der Waals surface area contributed by atoms with Gasteiger partial charge in [-0.05, 0) is 38.6 Å². The zero-order valence-electron chi connectivity index (χ0n) is 12.7. The molecule has 2 fully saturated rings. The van der Waals surface area contributed by atoms with Crippen LogP contribution < -0.4 is 5.32 Å². The molecule has 0 aromatic carbocycles.